The molecule has 1 aromatic rings. The average molecular weight is 293 g/mol. The summed E-state index contributed by atoms with van der Waals surface area (Å²) in [5.41, 5.74) is 0.303. The number of amides is 1. The SMILES string of the molecule is CC1CCCCC1OCCNC(=O)C(=O)c1cnn(C)c1. The van der Waals surface area contributed by atoms with Gasteiger partial charge in [0.2, 0.25) is 0 Å². The lowest BCUT2D eigenvalue weighted by Gasteiger charge is -2.28. The second-order valence-corrected chi connectivity index (χ2v) is 5.66. The van der Waals surface area contributed by atoms with E-state index in [1.54, 1.807) is 7.05 Å². The molecule has 6 nitrogen and oxygen atoms in total. The average Bonchev–Trinajstić information content (AvgIpc) is 2.91. The van der Waals surface area contributed by atoms with Gasteiger partial charge in [0.25, 0.3) is 11.7 Å². The summed E-state index contributed by atoms with van der Waals surface area (Å²) in [5.74, 6) is -0.594. The molecular formula is C15H23N3O3. The number of Topliss-reactive ketones (excluding diaryl/α,β-unsaturated/α-hetero) is 1. The lowest BCUT2D eigenvalue weighted by atomic mass is 9.88. The summed E-state index contributed by atoms with van der Waals surface area (Å²) in [5, 5.41) is 6.47. The summed E-state index contributed by atoms with van der Waals surface area (Å²) >= 11 is 0. The van der Waals surface area contributed by atoms with Crippen molar-refractivity contribution in [2.45, 2.75) is 38.7 Å². The van der Waals surface area contributed by atoms with Crippen LogP contribution in [0.1, 0.15) is 43.0 Å². The van der Waals surface area contributed by atoms with E-state index in [4.69, 9.17) is 4.74 Å². The highest BCUT2D eigenvalue weighted by Crippen LogP contribution is 2.25. The van der Waals surface area contributed by atoms with Crippen LogP contribution in [0, 0.1) is 5.92 Å². The van der Waals surface area contributed by atoms with Gasteiger partial charge in [-0.1, -0.05) is 19.8 Å². The second kappa shape index (κ2) is 7.36. The maximum Gasteiger partial charge on any atom is 0.292 e. The van der Waals surface area contributed by atoms with Crippen molar-refractivity contribution in [1.29, 1.82) is 0 Å². The largest absolute Gasteiger partial charge is 0.376 e. The Balaban J connectivity index is 1.68. The normalized spacial score (nSPS) is 22.0. The fourth-order valence-corrected chi connectivity index (χ4v) is 2.65. The molecule has 1 fully saturated rings. The number of aryl methyl sites for hydroxylation is 1. The Bertz CT molecular complexity index is 498. The van der Waals surface area contributed by atoms with Crippen molar-refractivity contribution >= 4 is 11.7 Å². The van der Waals surface area contributed by atoms with Gasteiger partial charge in [0.15, 0.2) is 0 Å². The molecule has 21 heavy (non-hydrogen) atoms. The van der Waals surface area contributed by atoms with E-state index in [0.717, 1.165) is 6.42 Å². The van der Waals surface area contributed by atoms with Crippen LogP contribution in [0.2, 0.25) is 0 Å². The van der Waals surface area contributed by atoms with Gasteiger partial charge in [-0.2, -0.15) is 5.10 Å². The zero-order chi connectivity index (χ0) is 15.2. The number of ether oxygens (including phenoxy) is 1. The maximum absolute atomic E-state index is 11.8. The van der Waals surface area contributed by atoms with Gasteiger partial charge in [-0.05, 0) is 18.8 Å². The molecule has 1 aliphatic rings. The third-order valence-electron chi connectivity index (χ3n) is 3.93. The third-order valence-corrected chi connectivity index (χ3v) is 3.93. The van der Waals surface area contributed by atoms with E-state index in [1.165, 1.54) is 36.3 Å². The fourth-order valence-electron chi connectivity index (χ4n) is 2.65. The van der Waals surface area contributed by atoms with Crippen molar-refractivity contribution < 1.29 is 14.3 Å². The van der Waals surface area contributed by atoms with Crippen LogP contribution in [-0.4, -0.2) is 40.7 Å². The molecule has 2 unspecified atom stereocenters. The van der Waals surface area contributed by atoms with Crippen molar-refractivity contribution in [3.8, 4) is 0 Å². The molecular weight excluding hydrogens is 270 g/mol. The van der Waals surface area contributed by atoms with Gasteiger partial charge in [0.1, 0.15) is 0 Å². The Morgan fingerprint density at radius 1 is 1.43 bits per heavy atom. The first kappa shape index (κ1) is 15.7. The van der Waals surface area contributed by atoms with Gasteiger partial charge >= 0.3 is 0 Å². The molecule has 0 aliphatic heterocycles. The molecule has 0 spiro atoms. The molecule has 0 bridgehead atoms. The molecule has 1 heterocycles. The van der Waals surface area contributed by atoms with Gasteiger partial charge in [-0.3, -0.25) is 14.3 Å². The van der Waals surface area contributed by atoms with Crippen LogP contribution >= 0.6 is 0 Å². The summed E-state index contributed by atoms with van der Waals surface area (Å²) in [6.07, 6.45) is 7.98. The Hall–Kier alpha value is -1.69. The molecule has 1 N–H and O–H groups in total. The number of hydrogen-bond donors (Lipinski definition) is 1. The molecule has 0 radical (unpaired) electrons. The van der Waals surface area contributed by atoms with Crippen molar-refractivity contribution in [1.82, 2.24) is 15.1 Å². The zero-order valence-corrected chi connectivity index (χ0v) is 12.7. The van der Waals surface area contributed by atoms with Gasteiger partial charge in [0.05, 0.1) is 24.5 Å². The minimum Gasteiger partial charge on any atom is -0.376 e. The highest BCUT2D eigenvalue weighted by molar-refractivity contribution is 6.42. The monoisotopic (exact) mass is 293 g/mol. The molecule has 2 atom stereocenters. The van der Waals surface area contributed by atoms with E-state index < -0.39 is 11.7 Å². The molecule has 116 valence electrons. The highest BCUT2D eigenvalue weighted by atomic mass is 16.5. The Morgan fingerprint density at radius 2 is 2.19 bits per heavy atom. The predicted molar refractivity (Wildman–Crippen MR) is 77.9 cm³/mol. The van der Waals surface area contributed by atoms with Gasteiger partial charge in [0, 0.05) is 19.8 Å². The number of carbonyl (C=O) groups is 2. The highest BCUT2D eigenvalue weighted by Gasteiger charge is 2.22. The second-order valence-electron chi connectivity index (χ2n) is 5.66. The molecule has 1 aliphatic carbocycles. The van der Waals surface area contributed by atoms with Crippen LogP contribution in [0.15, 0.2) is 12.4 Å². The number of ketones is 1. The van der Waals surface area contributed by atoms with Crippen molar-refractivity contribution in [2.75, 3.05) is 13.2 Å². The van der Waals surface area contributed by atoms with Crippen molar-refractivity contribution in [3.05, 3.63) is 18.0 Å². The Morgan fingerprint density at radius 3 is 2.86 bits per heavy atom. The Kier molecular flexibility index (Phi) is 5.50. The molecule has 6 heteroatoms. The molecule has 0 aromatic carbocycles. The fraction of sp³-hybridized carbons (Fsp3) is 0.667. The van der Waals surface area contributed by atoms with Gasteiger partial charge in [-0.15, -0.1) is 0 Å². The lowest BCUT2D eigenvalue weighted by molar-refractivity contribution is -0.117. The third kappa shape index (κ3) is 4.39. The van der Waals surface area contributed by atoms with Crippen LogP contribution in [0.3, 0.4) is 0 Å². The zero-order valence-electron chi connectivity index (χ0n) is 12.7. The van der Waals surface area contributed by atoms with E-state index >= 15 is 0 Å². The van der Waals surface area contributed by atoms with Crippen LogP contribution in [0.4, 0.5) is 0 Å². The van der Waals surface area contributed by atoms with E-state index in [2.05, 4.69) is 17.3 Å². The first-order chi connectivity index (χ1) is 10.1. The van der Waals surface area contributed by atoms with Crippen molar-refractivity contribution in [3.63, 3.8) is 0 Å². The number of rotatable bonds is 6. The standard InChI is InChI=1S/C15H23N3O3/c1-11-5-3-4-6-13(11)21-8-7-16-15(20)14(19)12-9-17-18(2)10-12/h9-11,13H,3-8H2,1-2H3,(H,16,20). The van der Waals surface area contributed by atoms with Crippen LogP contribution < -0.4 is 5.32 Å². The van der Waals surface area contributed by atoms with Gasteiger partial charge in [-0.25, -0.2) is 0 Å². The van der Waals surface area contributed by atoms with Gasteiger partial charge < -0.3 is 10.1 Å². The quantitative estimate of drug-likeness (QED) is 0.487. The molecule has 0 saturated heterocycles. The number of aromatic nitrogens is 2. The topological polar surface area (TPSA) is 73.2 Å². The van der Waals surface area contributed by atoms with E-state index in [-0.39, 0.29) is 6.10 Å². The predicted octanol–water partition coefficient (Wildman–Crippen LogP) is 1.31. The van der Waals surface area contributed by atoms with Crippen molar-refractivity contribution in [2.24, 2.45) is 13.0 Å². The summed E-state index contributed by atoms with van der Waals surface area (Å²) < 4.78 is 7.29. The minimum absolute atomic E-state index is 0.282. The molecule has 1 aromatic heterocycles. The van der Waals surface area contributed by atoms with E-state index in [0.29, 0.717) is 24.6 Å². The summed E-state index contributed by atoms with van der Waals surface area (Å²) in [7, 11) is 1.70. The van der Waals surface area contributed by atoms with Crippen LogP contribution in [0.5, 0.6) is 0 Å². The van der Waals surface area contributed by atoms with E-state index in [9.17, 15) is 9.59 Å². The number of hydrogen-bond acceptors (Lipinski definition) is 4. The summed E-state index contributed by atoms with van der Waals surface area (Å²) in [4.78, 5) is 23.5. The summed E-state index contributed by atoms with van der Waals surface area (Å²) in [6.45, 7) is 3.00. The lowest BCUT2D eigenvalue weighted by Crippen LogP contribution is -2.35. The first-order valence-corrected chi connectivity index (χ1v) is 7.50. The minimum atomic E-state index is -0.608. The van der Waals surface area contributed by atoms with Crippen LogP contribution in [0.25, 0.3) is 0 Å². The molecule has 1 amide bonds. The van der Waals surface area contributed by atoms with Crippen LogP contribution in [-0.2, 0) is 16.6 Å². The molecule has 1 saturated carbocycles. The summed E-state index contributed by atoms with van der Waals surface area (Å²) in [6, 6.07) is 0. The maximum atomic E-state index is 11.8. The Labute approximate surface area is 124 Å². The number of nitrogens with zero attached hydrogens (tertiary/aromatic N) is 2. The number of nitrogens with one attached hydrogen (secondary N) is 1. The van der Waals surface area contributed by atoms with E-state index in [1.807, 2.05) is 0 Å². The smallest absolute Gasteiger partial charge is 0.292 e. The molecule has 2 rings (SSSR count). The first-order valence-electron chi connectivity index (χ1n) is 7.50. The number of carbonyl (C=O) groups excluding carboxylic acids is 2.